The number of carbonyl (C=O) groups is 3. The van der Waals surface area contributed by atoms with Gasteiger partial charge in [0.1, 0.15) is 6.61 Å². The number of carboxylic acid groups (broad SMARTS) is 1. The summed E-state index contributed by atoms with van der Waals surface area (Å²) in [7, 11) is 1.04. The molecule has 2 aromatic rings. The number of alkyl halides is 3. The summed E-state index contributed by atoms with van der Waals surface area (Å²) in [6.45, 7) is 0.589. The Morgan fingerprint density at radius 3 is 2.06 bits per heavy atom. The van der Waals surface area contributed by atoms with E-state index in [0.717, 1.165) is 29.3 Å². The van der Waals surface area contributed by atoms with Gasteiger partial charge in [-0.15, -0.1) is 0 Å². The number of nitrogens with one attached hydrogen (secondary N) is 1. The molecule has 7 nitrogen and oxygen atoms in total. The van der Waals surface area contributed by atoms with E-state index in [-0.39, 0.29) is 12.5 Å². The van der Waals surface area contributed by atoms with E-state index in [1.807, 2.05) is 48.5 Å². The van der Waals surface area contributed by atoms with E-state index in [4.69, 9.17) is 9.84 Å². The second-order valence-electron chi connectivity index (χ2n) is 7.90. The van der Waals surface area contributed by atoms with E-state index in [0.29, 0.717) is 4.90 Å². The standard InChI is InChI=1S/C23H23F3N2O5/c1-13(21(30)31)11-28(2)20(29)19(23(24,25)26)27-22(32)33-12-18-16-9-5-3-7-14(16)15-8-4-6-10-17(15)18/h3-10,13,18-19H,11-12H2,1-2H3,(H,27,32)(H,30,31). The summed E-state index contributed by atoms with van der Waals surface area (Å²) in [4.78, 5) is 36.1. The van der Waals surface area contributed by atoms with Gasteiger partial charge in [0, 0.05) is 19.5 Å². The molecule has 0 heterocycles. The van der Waals surface area contributed by atoms with Gasteiger partial charge in [-0.1, -0.05) is 55.5 Å². The van der Waals surface area contributed by atoms with E-state index in [1.54, 1.807) is 5.32 Å². The molecule has 2 amide bonds. The molecule has 1 aliphatic carbocycles. The molecule has 176 valence electrons. The molecule has 10 heteroatoms. The summed E-state index contributed by atoms with van der Waals surface area (Å²) >= 11 is 0. The van der Waals surface area contributed by atoms with Crippen LogP contribution in [0.5, 0.6) is 0 Å². The molecule has 0 fully saturated rings. The lowest BCUT2D eigenvalue weighted by Gasteiger charge is -2.27. The number of likely N-dealkylation sites (N-methyl/N-ethyl adjacent to an activating group) is 1. The molecule has 0 aliphatic heterocycles. The summed E-state index contributed by atoms with van der Waals surface area (Å²) in [6, 6.07) is 12.1. The minimum Gasteiger partial charge on any atom is -0.481 e. The molecular weight excluding hydrogens is 441 g/mol. The molecule has 0 saturated heterocycles. The maximum atomic E-state index is 13.5. The Morgan fingerprint density at radius 1 is 1.06 bits per heavy atom. The van der Waals surface area contributed by atoms with Crippen molar-refractivity contribution >= 4 is 18.0 Å². The number of carboxylic acids is 1. The van der Waals surface area contributed by atoms with E-state index in [1.165, 1.54) is 6.92 Å². The van der Waals surface area contributed by atoms with Crippen LogP contribution in [0.1, 0.15) is 24.0 Å². The van der Waals surface area contributed by atoms with Crippen molar-refractivity contribution in [1.29, 1.82) is 0 Å². The number of hydrogen-bond donors (Lipinski definition) is 2. The molecule has 0 spiro atoms. The molecule has 3 rings (SSSR count). The van der Waals surface area contributed by atoms with Gasteiger partial charge >= 0.3 is 18.2 Å². The largest absolute Gasteiger partial charge is 0.481 e. The number of rotatable bonds is 7. The second kappa shape index (κ2) is 9.51. The van der Waals surface area contributed by atoms with Crippen LogP contribution >= 0.6 is 0 Å². The van der Waals surface area contributed by atoms with Gasteiger partial charge in [-0.05, 0) is 22.3 Å². The van der Waals surface area contributed by atoms with Crippen molar-refractivity contribution in [2.24, 2.45) is 5.92 Å². The second-order valence-corrected chi connectivity index (χ2v) is 7.90. The number of halogens is 3. The highest BCUT2D eigenvalue weighted by atomic mass is 19.4. The van der Waals surface area contributed by atoms with E-state index in [2.05, 4.69) is 0 Å². The van der Waals surface area contributed by atoms with Crippen molar-refractivity contribution < 1.29 is 37.4 Å². The fraction of sp³-hybridized carbons (Fsp3) is 0.348. The predicted octanol–water partition coefficient (Wildman–Crippen LogP) is 3.64. The third kappa shape index (κ3) is 5.27. The Morgan fingerprint density at radius 2 is 1.58 bits per heavy atom. The van der Waals surface area contributed by atoms with Crippen LogP contribution in [-0.4, -0.2) is 60.4 Å². The molecule has 1 aliphatic rings. The zero-order chi connectivity index (χ0) is 24.3. The Balaban J connectivity index is 1.69. The van der Waals surface area contributed by atoms with Crippen LogP contribution in [0.3, 0.4) is 0 Å². The van der Waals surface area contributed by atoms with Gasteiger partial charge in [0.15, 0.2) is 0 Å². The lowest BCUT2D eigenvalue weighted by atomic mass is 9.98. The topological polar surface area (TPSA) is 95.9 Å². The highest BCUT2D eigenvalue weighted by molar-refractivity contribution is 5.87. The first-order valence-corrected chi connectivity index (χ1v) is 10.2. The normalized spacial score (nSPS) is 14.6. The molecule has 0 saturated carbocycles. The quantitative estimate of drug-likeness (QED) is 0.653. The van der Waals surface area contributed by atoms with Crippen molar-refractivity contribution in [3.8, 4) is 11.1 Å². The van der Waals surface area contributed by atoms with E-state index >= 15 is 0 Å². The molecule has 2 N–H and O–H groups in total. The summed E-state index contributed by atoms with van der Waals surface area (Å²) < 4.78 is 45.6. The summed E-state index contributed by atoms with van der Waals surface area (Å²) in [5, 5.41) is 10.5. The SMILES string of the molecule is CC(CN(C)C(=O)C(NC(=O)OCC1c2ccccc2-c2ccccc21)C(F)(F)F)C(=O)O. The Kier molecular flexibility index (Phi) is 6.95. The minimum absolute atomic E-state index is 0.218. The average Bonchev–Trinajstić information content (AvgIpc) is 3.08. The number of carbonyl (C=O) groups excluding carboxylic acids is 2. The van der Waals surface area contributed by atoms with Gasteiger partial charge in [-0.3, -0.25) is 9.59 Å². The number of nitrogens with zero attached hydrogens (tertiary/aromatic N) is 1. The fourth-order valence-electron chi connectivity index (χ4n) is 3.84. The highest BCUT2D eigenvalue weighted by Crippen LogP contribution is 2.44. The smallest absolute Gasteiger partial charge is 0.417 e. The van der Waals surface area contributed by atoms with Gasteiger partial charge in [0.2, 0.25) is 6.04 Å². The van der Waals surface area contributed by atoms with Crippen LogP contribution in [0.25, 0.3) is 11.1 Å². The number of benzene rings is 2. The third-order valence-electron chi connectivity index (χ3n) is 5.53. The summed E-state index contributed by atoms with van der Waals surface area (Å²) in [6.07, 6.45) is -6.49. The highest BCUT2D eigenvalue weighted by Gasteiger charge is 2.48. The Hall–Kier alpha value is -3.56. The van der Waals surface area contributed by atoms with Crippen molar-refractivity contribution in [2.45, 2.75) is 25.1 Å². The average molecular weight is 464 g/mol. The molecule has 33 heavy (non-hydrogen) atoms. The van der Waals surface area contributed by atoms with Gasteiger partial charge in [0.25, 0.3) is 5.91 Å². The Labute approximate surface area is 188 Å². The van der Waals surface area contributed by atoms with Crippen molar-refractivity contribution in [1.82, 2.24) is 10.2 Å². The molecular formula is C23H23F3N2O5. The lowest BCUT2D eigenvalue weighted by molar-refractivity contribution is -0.174. The number of fused-ring (bicyclic) bond motifs is 3. The number of alkyl carbamates (subject to hydrolysis) is 1. The maximum absolute atomic E-state index is 13.5. The molecule has 0 bridgehead atoms. The molecule has 2 atom stereocenters. The maximum Gasteiger partial charge on any atom is 0.417 e. The zero-order valence-electron chi connectivity index (χ0n) is 17.9. The van der Waals surface area contributed by atoms with Gasteiger partial charge in [-0.25, -0.2) is 4.79 Å². The number of amides is 2. The van der Waals surface area contributed by atoms with Crippen LogP contribution in [0.15, 0.2) is 48.5 Å². The first kappa shape index (κ1) is 24.1. The first-order valence-electron chi connectivity index (χ1n) is 10.2. The van der Waals surface area contributed by atoms with Gasteiger partial charge < -0.3 is 20.1 Å². The van der Waals surface area contributed by atoms with Gasteiger partial charge in [0.05, 0.1) is 5.92 Å². The molecule has 0 aromatic heterocycles. The third-order valence-corrected chi connectivity index (χ3v) is 5.53. The van der Waals surface area contributed by atoms with Crippen LogP contribution < -0.4 is 5.32 Å². The van der Waals surface area contributed by atoms with Crippen molar-refractivity contribution in [3.05, 3.63) is 59.7 Å². The van der Waals surface area contributed by atoms with Crippen molar-refractivity contribution in [3.63, 3.8) is 0 Å². The van der Waals surface area contributed by atoms with Crippen LogP contribution in [0.2, 0.25) is 0 Å². The molecule has 2 aromatic carbocycles. The van der Waals surface area contributed by atoms with Crippen molar-refractivity contribution in [2.75, 3.05) is 20.2 Å². The Bertz CT molecular complexity index is 1010. The minimum atomic E-state index is -5.09. The predicted molar refractivity (Wildman–Crippen MR) is 112 cm³/mol. The monoisotopic (exact) mass is 464 g/mol. The van der Waals surface area contributed by atoms with E-state index < -0.39 is 42.7 Å². The number of aliphatic carboxylic acids is 1. The van der Waals surface area contributed by atoms with Crippen LogP contribution in [0.4, 0.5) is 18.0 Å². The van der Waals surface area contributed by atoms with Crippen LogP contribution in [-0.2, 0) is 14.3 Å². The zero-order valence-corrected chi connectivity index (χ0v) is 17.9. The summed E-state index contributed by atoms with van der Waals surface area (Å²) in [5.41, 5.74) is 3.69. The summed E-state index contributed by atoms with van der Waals surface area (Å²) in [5.74, 6) is -4.18. The first-order chi connectivity index (χ1) is 15.5. The van der Waals surface area contributed by atoms with Gasteiger partial charge in [-0.2, -0.15) is 13.2 Å². The molecule has 0 radical (unpaired) electrons. The number of hydrogen-bond acceptors (Lipinski definition) is 4. The van der Waals surface area contributed by atoms with Crippen LogP contribution in [0, 0.1) is 5.92 Å². The molecule has 2 unspecified atom stereocenters. The van der Waals surface area contributed by atoms with E-state index in [9.17, 15) is 27.6 Å². The fourth-order valence-corrected chi connectivity index (χ4v) is 3.84. The lowest BCUT2D eigenvalue weighted by Crippen LogP contribution is -2.56. The number of ether oxygens (including phenoxy) is 1.